The monoisotopic (exact) mass is 349 g/mol. The van der Waals surface area contributed by atoms with Crippen LogP contribution in [0, 0.1) is 0 Å². The van der Waals surface area contributed by atoms with E-state index in [1.165, 1.54) is 0 Å². The molecule has 0 saturated heterocycles. The minimum absolute atomic E-state index is 0.0671. The molecule has 1 heterocycles. The number of rotatable bonds is 3. The second-order valence-electron chi connectivity index (χ2n) is 3.53. The fourth-order valence-electron chi connectivity index (χ4n) is 1.67. The number of thiophene rings is 1. The molecule has 2 aromatic rings. The molecule has 0 spiro atoms. The van der Waals surface area contributed by atoms with Crippen LogP contribution in [0.25, 0.3) is 0 Å². The summed E-state index contributed by atoms with van der Waals surface area (Å²) in [7, 11) is 1.91. The van der Waals surface area contributed by atoms with E-state index in [0.717, 1.165) is 24.3 Å². The first-order valence-electron chi connectivity index (χ1n) is 4.99. The minimum atomic E-state index is 0.0671. The first kappa shape index (κ1) is 13.4. The Hall–Kier alpha value is -0.0600. The largest absolute Gasteiger partial charge is 0.309 e. The first-order valence-corrected chi connectivity index (χ1v) is 7.36. The van der Waals surface area contributed by atoms with E-state index in [2.05, 4.69) is 21.2 Å². The van der Waals surface area contributed by atoms with Crippen molar-refractivity contribution in [2.24, 2.45) is 0 Å². The summed E-state index contributed by atoms with van der Waals surface area (Å²) in [6.07, 6.45) is 0. The van der Waals surface area contributed by atoms with Crippen molar-refractivity contribution < 1.29 is 0 Å². The lowest BCUT2D eigenvalue weighted by molar-refractivity contribution is 0.704. The quantitative estimate of drug-likeness (QED) is 0.809. The Labute approximate surface area is 123 Å². The predicted molar refractivity (Wildman–Crippen MR) is 79.4 cm³/mol. The van der Waals surface area contributed by atoms with Crippen LogP contribution in [-0.2, 0) is 0 Å². The molecule has 17 heavy (non-hydrogen) atoms. The van der Waals surface area contributed by atoms with Crippen molar-refractivity contribution in [2.75, 3.05) is 7.05 Å². The van der Waals surface area contributed by atoms with E-state index in [0.29, 0.717) is 0 Å². The second-order valence-corrected chi connectivity index (χ2v) is 6.60. The zero-order valence-corrected chi connectivity index (χ0v) is 12.9. The first-order chi connectivity index (χ1) is 8.11. The molecule has 0 radical (unpaired) electrons. The third-order valence-corrected chi connectivity index (χ3v) is 4.57. The molecule has 1 unspecified atom stereocenters. The minimum Gasteiger partial charge on any atom is -0.309 e. The molecule has 0 aliphatic rings. The maximum atomic E-state index is 6.24. The predicted octanol–water partition coefficient (Wildman–Crippen LogP) is 5.13. The number of benzene rings is 1. The van der Waals surface area contributed by atoms with Crippen molar-refractivity contribution in [3.63, 3.8) is 0 Å². The van der Waals surface area contributed by atoms with Crippen LogP contribution < -0.4 is 5.32 Å². The van der Waals surface area contributed by atoms with Crippen LogP contribution in [0.1, 0.15) is 16.5 Å². The second kappa shape index (κ2) is 5.72. The van der Waals surface area contributed by atoms with Gasteiger partial charge in [-0.05, 0) is 42.9 Å². The summed E-state index contributed by atoms with van der Waals surface area (Å²) in [5.41, 5.74) is 1.04. The van der Waals surface area contributed by atoms with Crippen LogP contribution in [0.15, 0.2) is 34.8 Å². The highest BCUT2D eigenvalue weighted by Crippen LogP contribution is 2.35. The number of hydrogen-bond acceptors (Lipinski definition) is 2. The molecule has 1 nitrogen and oxygen atoms in total. The molecular weight excluding hydrogens is 341 g/mol. The Morgan fingerprint density at radius 3 is 2.59 bits per heavy atom. The van der Waals surface area contributed by atoms with Gasteiger partial charge in [0.15, 0.2) is 0 Å². The van der Waals surface area contributed by atoms with E-state index in [-0.39, 0.29) is 6.04 Å². The molecule has 1 aromatic heterocycles. The Balaban J connectivity index is 2.45. The van der Waals surface area contributed by atoms with E-state index < -0.39 is 0 Å². The summed E-state index contributed by atoms with van der Waals surface area (Å²) in [6.45, 7) is 0. The van der Waals surface area contributed by atoms with Crippen molar-refractivity contribution in [1.29, 1.82) is 0 Å². The molecule has 0 aliphatic heterocycles. The number of hydrogen-bond donors (Lipinski definition) is 1. The molecular formula is C12H10BrCl2NS. The molecule has 0 saturated carbocycles. The van der Waals surface area contributed by atoms with Gasteiger partial charge < -0.3 is 5.32 Å². The lowest BCUT2D eigenvalue weighted by Gasteiger charge is -2.16. The molecule has 1 aromatic carbocycles. The van der Waals surface area contributed by atoms with E-state index in [4.69, 9.17) is 23.2 Å². The number of nitrogens with one attached hydrogen (secondary N) is 1. The summed E-state index contributed by atoms with van der Waals surface area (Å²) in [4.78, 5) is 1.15. The van der Waals surface area contributed by atoms with Gasteiger partial charge in [-0.15, -0.1) is 11.3 Å². The fraction of sp³-hybridized carbons (Fsp3) is 0.167. The van der Waals surface area contributed by atoms with Gasteiger partial charge in [0.2, 0.25) is 0 Å². The normalized spacial score (nSPS) is 12.7. The van der Waals surface area contributed by atoms with Gasteiger partial charge in [0.1, 0.15) is 0 Å². The van der Waals surface area contributed by atoms with E-state index in [1.807, 2.05) is 37.4 Å². The van der Waals surface area contributed by atoms with Crippen LogP contribution in [0.5, 0.6) is 0 Å². The zero-order valence-electron chi connectivity index (χ0n) is 9.01. The van der Waals surface area contributed by atoms with Crippen molar-refractivity contribution >= 4 is 50.5 Å². The summed E-state index contributed by atoms with van der Waals surface area (Å²) >= 11 is 17.2. The average Bonchev–Trinajstić information content (AvgIpc) is 2.71. The molecule has 1 N–H and O–H groups in total. The summed E-state index contributed by atoms with van der Waals surface area (Å²) in [5, 5.41) is 4.01. The lowest BCUT2D eigenvalue weighted by Crippen LogP contribution is -2.16. The topological polar surface area (TPSA) is 12.0 Å². The Kier molecular flexibility index (Phi) is 4.50. The van der Waals surface area contributed by atoms with Crippen molar-refractivity contribution in [3.05, 3.63) is 54.6 Å². The van der Waals surface area contributed by atoms with Crippen LogP contribution >= 0.6 is 50.5 Å². The summed E-state index contributed by atoms with van der Waals surface area (Å²) < 4.78 is 1.80. The lowest BCUT2D eigenvalue weighted by atomic mass is 10.1. The Morgan fingerprint density at radius 2 is 2.00 bits per heavy atom. The molecule has 0 amide bonds. The van der Waals surface area contributed by atoms with Crippen LogP contribution in [0.4, 0.5) is 0 Å². The number of halogens is 3. The highest BCUT2D eigenvalue weighted by molar-refractivity contribution is 9.10. The maximum absolute atomic E-state index is 6.24. The van der Waals surface area contributed by atoms with Gasteiger partial charge in [0.25, 0.3) is 0 Å². The van der Waals surface area contributed by atoms with E-state index in [1.54, 1.807) is 11.3 Å². The van der Waals surface area contributed by atoms with Gasteiger partial charge in [-0.25, -0.2) is 0 Å². The Bertz CT molecular complexity index is 527. The molecule has 0 fully saturated rings. The molecule has 0 bridgehead atoms. The fourth-order valence-corrected chi connectivity index (χ4v) is 3.47. The molecule has 5 heteroatoms. The zero-order chi connectivity index (χ0) is 12.4. The molecule has 0 aliphatic carbocycles. The van der Waals surface area contributed by atoms with Crippen molar-refractivity contribution in [2.45, 2.75) is 6.04 Å². The van der Waals surface area contributed by atoms with Gasteiger partial charge in [-0.2, -0.15) is 0 Å². The Morgan fingerprint density at radius 1 is 1.24 bits per heavy atom. The van der Waals surface area contributed by atoms with E-state index in [9.17, 15) is 0 Å². The van der Waals surface area contributed by atoms with Crippen LogP contribution in [0.2, 0.25) is 9.36 Å². The third-order valence-electron chi connectivity index (χ3n) is 2.44. The SMILES string of the molecule is CNC(c1ccc(Cl)s1)c1cc(Br)ccc1Cl. The van der Waals surface area contributed by atoms with Crippen LogP contribution in [0.3, 0.4) is 0 Å². The molecule has 90 valence electrons. The van der Waals surface area contributed by atoms with E-state index >= 15 is 0 Å². The van der Waals surface area contributed by atoms with Gasteiger partial charge in [-0.1, -0.05) is 39.1 Å². The van der Waals surface area contributed by atoms with Gasteiger partial charge in [0.05, 0.1) is 10.4 Å². The van der Waals surface area contributed by atoms with Crippen molar-refractivity contribution in [1.82, 2.24) is 5.32 Å². The summed E-state index contributed by atoms with van der Waals surface area (Å²) in [6, 6.07) is 9.83. The smallest absolute Gasteiger partial charge is 0.0931 e. The average molecular weight is 351 g/mol. The summed E-state index contributed by atoms with van der Waals surface area (Å²) in [5.74, 6) is 0. The van der Waals surface area contributed by atoms with Crippen molar-refractivity contribution in [3.8, 4) is 0 Å². The van der Waals surface area contributed by atoms with Gasteiger partial charge in [-0.3, -0.25) is 0 Å². The standard InChI is InChI=1S/C12H10BrCl2NS/c1-16-12(10-4-5-11(15)17-10)8-6-7(13)2-3-9(8)14/h2-6,12,16H,1H3. The maximum Gasteiger partial charge on any atom is 0.0931 e. The molecule has 1 atom stereocenters. The highest BCUT2D eigenvalue weighted by atomic mass is 79.9. The third kappa shape index (κ3) is 3.04. The molecule has 2 rings (SSSR count). The highest BCUT2D eigenvalue weighted by Gasteiger charge is 2.17. The van der Waals surface area contributed by atoms with Gasteiger partial charge >= 0.3 is 0 Å². The van der Waals surface area contributed by atoms with Crippen LogP contribution in [-0.4, -0.2) is 7.05 Å². The van der Waals surface area contributed by atoms with Gasteiger partial charge in [0, 0.05) is 14.4 Å².